The van der Waals surface area contributed by atoms with Crippen LogP contribution < -0.4 is 5.32 Å². The fourth-order valence-corrected chi connectivity index (χ4v) is 2.36. The van der Waals surface area contributed by atoms with Crippen molar-refractivity contribution in [2.75, 3.05) is 26.2 Å². The van der Waals surface area contributed by atoms with E-state index >= 15 is 0 Å². The second-order valence-corrected chi connectivity index (χ2v) is 4.78. The number of nitrogens with zero attached hydrogens (tertiary/aromatic N) is 1. The van der Waals surface area contributed by atoms with E-state index in [1.165, 1.54) is 25.8 Å². The van der Waals surface area contributed by atoms with Gasteiger partial charge in [0.05, 0.1) is 6.61 Å². The van der Waals surface area contributed by atoms with Crippen LogP contribution in [-0.4, -0.2) is 48.3 Å². The summed E-state index contributed by atoms with van der Waals surface area (Å²) >= 11 is 0. The minimum atomic E-state index is 0.324. The average Bonchev–Trinajstić information content (AvgIpc) is 2.92. The molecule has 2 rings (SSSR count). The first-order valence-corrected chi connectivity index (χ1v) is 5.89. The van der Waals surface area contributed by atoms with Crippen LogP contribution in [0.1, 0.15) is 26.2 Å². The second kappa shape index (κ2) is 4.60. The first kappa shape index (κ1) is 10.4. The second-order valence-electron chi connectivity index (χ2n) is 4.78. The fraction of sp³-hybridized carbons (Fsp3) is 1.00. The van der Waals surface area contributed by atoms with Gasteiger partial charge in [0.25, 0.3) is 0 Å². The molecule has 0 aromatic carbocycles. The quantitative estimate of drug-likeness (QED) is 0.673. The molecule has 2 fully saturated rings. The van der Waals surface area contributed by atoms with Crippen molar-refractivity contribution in [1.82, 2.24) is 10.2 Å². The first-order chi connectivity index (χ1) is 6.81. The van der Waals surface area contributed by atoms with Crippen LogP contribution in [0.15, 0.2) is 0 Å². The van der Waals surface area contributed by atoms with Crippen LogP contribution in [-0.2, 0) is 0 Å². The SMILES string of the molecule is CC1CCN(CCNC2CC2)C1CO. The molecule has 1 saturated carbocycles. The molecule has 0 spiro atoms. The molecule has 1 aliphatic carbocycles. The zero-order valence-corrected chi connectivity index (χ0v) is 9.08. The van der Waals surface area contributed by atoms with Gasteiger partial charge in [-0.1, -0.05) is 6.92 Å². The summed E-state index contributed by atoms with van der Waals surface area (Å²) < 4.78 is 0. The van der Waals surface area contributed by atoms with Crippen molar-refractivity contribution in [2.24, 2.45) is 5.92 Å². The molecule has 0 bridgehead atoms. The van der Waals surface area contributed by atoms with E-state index in [0.29, 0.717) is 18.6 Å². The van der Waals surface area contributed by atoms with Gasteiger partial charge in [0.1, 0.15) is 0 Å². The van der Waals surface area contributed by atoms with Gasteiger partial charge in [-0.05, 0) is 31.7 Å². The maximum atomic E-state index is 9.27. The molecule has 82 valence electrons. The first-order valence-electron chi connectivity index (χ1n) is 5.89. The lowest BCUT2D eigenvalue weighted by Gasteiger charge is -2.24. The Morgan fingerprint density at radius 2 is 2.14 bits per heavy atom. The number of hydrogen-bond acceptors (Lipinski definition) is 3. The van der Waals surface area contributed by atoms with E-state index in [1.54, 1.807) is 0 Å². The predicted molar refractivity (Wildman–Crippen MR) is 57.3 cm³/mol. The maximum Gasteiger partial charge on any atom is 0.0589 e. The number of rotatable bonds is 5. The van der Waals surface area contributed by atoms with Crippen LogP contribution in [0, 0.1) is 5.92 Å². The number of aliphatic hydroxyl groups excluding tert-OH is 1. The molecule has 2 atom stereocenters. The van der Waals surface area contributed by atoms with Gasteiger partial charge in [-0.2, -0.15) is 0 Å². The summed E-state index contributed by atoms with van der Waals surface area (Å²) in [5.41, 5.74) is 0. The van der Waals surface area contributed by atoms with E-state index < -0.39 is 0 Å². The van der Waals surface area contributed by atoms with Gasteiger partial charge in [0, 0.05) is 25.2 Å². The molecule has 2 aliphatic rings. The van der Waals surface area contributed by atoms with Crippen molar-refractivity contribution >= 4 is 0 Å². The van der Waals surface area contributed by atoms with Crippen molar-refractivity contribution in [3.8, 4) is 0 Å². The Hall–Kier alpha value is -0.120. The lowest BCUT2D eigenvalue weighted by Crippen LogP contribution is -2.39. The summed E-state index contributed by atoms with van der Waals surface area (Å²) in [4.78, 5) is 2.43. The summed E-state index contributed by atoms with van der Waals surface area (Å²) in [6, 6.07) is 1.22. The van der Waals surface area contributed by atoms with E-state index in [2.05, 4.69) is 17.1 Å². The molecule has 1 aliphatic heterocycles. The molecule has 0 radical (unpaired) electrons. The fourth-order valence-electron chi connectivity index (χ4n) is 2.36. The molecule has 3 heteroatoms. The number of aliphatic hydroxyl groups is 1. The highest BCUT2D eigenvalue weighted by Crippen LogP contribution is 2.23. The van der Waals surface area contributed by atoms with Gasteiger partial charge in [-0.3, -0.25) is 4.90 Å². The van der Waals surface area contributed by atoms with Crippen LogP contribution in [0.3, 0.4) is 0 Å². The van der Waals surface area contributed by atoms with Gasteiger partial charge in [0.15, 0.2) is 0 Å². The van der Waals surface area contributed by atoms with E-state index in [1.807, 2.05) is 0 Å². The normalized spacial score (nSPS) is 33.9. The van der Waals surface area contributed by atoms with E-state index in [9.17, 15) is 5.11 Å². The third-order valence-electron chi connectivity index (χ3n) is 3.59. The molecular weight excluding hydrogens is 176 g/mol. The highest BCUT2D eigenvalue weighted by atomic mass is 16.3. The molecule has 0 amide bonds. The predicted octanol–water partition coefficient (Wildman–Crippen LogP) is 0.441. The molecule has 0 aromatic heterocycles. The minimum Gasteiger partial charge on any atom is -0.395 e. The highest BCUT2D eigenvalue weighted by Gasteiger charge is 2.30. The van der Waals surface area contributed by atoms with E-state index in [4.69, 9.17) is 0 Å². The standard InChI is InChI=1S/C11H22N2O/c1-9-4-6-13(11(9)8-14)7-5-12-10-2-3-10/h9-12,14H,2-8H2,1H3. The largest absolute Gasteiger partial charge is 0.395 e. The Kier molecular flexibility index (Phi) is 3.42. The highest BCUT2D eigenvalue weighted by molar-refractivity contribution is 4.86. The molecule has 14 heavy (non-hydrogen) atoms. The van der Waals surface area contributed by atoms with Crippen LogP contribution in [0.25, 0.3) is 0 Å². The smallest absolute Gasteiger partial charge is 0.0589 e. The molecule has 1 saturated heterocycles. The summed E-state index contributed by atoms with van der Waals surface area (Å²) in [7, 11) is 0. The van der Waals surface area contributed by atoms with Gasteiger partial charge in [0.2, 0.25) is 0 Å². The van der Waals surface area contributed by atoms with Crippen molar-refractivity contribution in [3.05, 3.63) is 0 Å². The van der Waals surface area contributed by atoms with Crippen LogP contribution in [0.2, 0.25) is 0 Å². The van der Waals surface area contributed by atoms with E-state index in [0.717, 1.165) is 19.1 Å². The summed E-state index contributed by atoms with van der Waals surface area (Å²) in [5, 5.41) is 12.8. The van der Waals surface area contributed by atoms with E-state index in [-0.39, 0.29) is 0 Å². The lowest BCUT2D eigenvalue weighted by atomic mass is 10.0. The lowest BCUT2D eigenvalue weighted by molar-refractivity contribution is 0.140. The van der Waals surface area contributed by atoms with Gasteiger partial charge in [-0.25, -0.2) is 0 Å². The Morgan fingerprint density at radius 1 is 1.36 bits per heavy atom. The monoisotopic (exact) mass is 198 g/mol. The minimum absolute atomic E-state index is 0.324. The number of hydrogen-bond donors (Lipinski definition) is 2. The van der Waals surface area contributed by atoms with Crippen molar-refractivity contribution in [3.63, 3.8) is 0 Å². The summed E-state index contributed by atoms with van der Waals surface area (Å²) in [6.45, 7) is 5.93. The maximum absolute atomic E-state index is 9.27. The zero-order valence-electron chi connectivity index (χ0n) is 9.08. The third-order valence-corrected chi connectivity index (χ3v) is 3.59. The Labute approximate surface area is 86.5 Å². The van der Waals surface area contributed by atoms with Crippen molar-refractivity contribution < 1.29 is 5.11 Å². The summed E-state index contributed by atoms with van der Waals surface area (Å²) in [5.74, 6) is 0.668. The zero-order chi connectivity index (χ0) is 9.97. The molecule has 1 heterocycles. The number of nitrogens with one attached hydrogen (secondary N) is 1. The van der Waals surface area contributed by atoms with Crippen molar-refractivity contribution in [1.29, 1.82) is 0 Å². The van der Waals surface area contributed by atoms with Crippen LogP contribution in [0.4, 0.5) is 0 Å². The van der Waals surface area contributed by atoms with Gasteiger partial charge in [-0.15, -0.1) is 0 Å². The molecule has 2 N–H and O–H groups in total. The average molecular weight is 198 g/mol. The summed E-state index contributed by atoms with van der Waals surface area (Å²) in [6.07, 6.45) is 3.97. The molecule has 2 unspecified atom stereocenters. The topological polar surface area (TPSA) is 35.5 Å². The Bertz CT molecular complexity index is 182. The van der Waals surface area contributed by atoms with Gasteiger partial charge < -0.3 is 10.4 Å². The third kappa shape index (κ3) is 2.47. The van der Waals surface area contributed by atoms with Gasteiger partial charge >= 0.3 is 0 Å². The van der Waals surface area contributed by atoms with Crippen LogP contribution in [0.5, 0.6) is 0 Å². The Morgan fingerprint density at radius 3 is 2.79 bits per heavy atom. The molecule has 0 aromatic rings. The molecular formula is C11H22N2O. The molecule has 3 nitrogen and oxygen atoms in total. The van der Waals surface area contributed by atoms with Crippen LogP contribution >= 0.6 is 0 Å². The number of likely N-dealkylation sites (tertiary alicyclic amines) is 1. The Balaban J connectivity index is 1.67. The van der Waals surface area contributed by atoms with Crippen molar-refractivity contribution in [2.45, 2.75) is 38.3 Å².